The molecule has 46 heavy (non-hydrogen) atoms. The number of aromatic nitrogens is 1. The van der Waals surface area contributed by atoms with Gasteiger partial charge < -0.3 is 23.7 Å². The maximum atomic E-state index is 13.7. The zero-order valence-electron chi connectivity index (χ0n) is 27.4. The Morgan fingerprint density at radius 1 is 1.13 bits per heavy atom. The number of rotatable bonds is 6. The number of fused-ring (bicyclic) bond motifs is 4. The molecule has 0 spiro atoms. The van der Waals surface area contributed by atoms with Crippen LogP contribution in [0.1, 0.15) is 88.4 Å². The molecule has 1 aliphatic heterocycles. The monoisotopic (exact) mass is 629 g/mol. The number of hydrogen-bond acceptors (Lipinski definition) is 9. The van der Waals surface area contributed by atoms with Gasteiger partial charge in [0.05, 0.1) is 18.3 Å². The van der Waals surface area contributed by atoms with E-state index in [-0.39, 0.29) is 41.5 Å². The van der Waals surface area contributed by atoms with Crippen molar-refractivity contribution >= 4 is 11.9 Å². The summed E-state index contributed by atoms with van der Waals surface area (Å²) in [6.45, 7) is 11.9. The van der Waals surface area contributed by atoms with E-state index in [4.69, 9.17) is 18.6 Å². The van der Waals surface area contributed by atoms with E-state index in [1.54, 1.807) is 42.7 Å². The van der Waals surface area contributed by atoms with Crippen LogP contribution in [0.4, 0.5) is 0 Å². The van der Waals surface area contributed by atoms with E-state index in [1.807, 2.05) is 19.1 Å². The average molecular weight is 630 g/mol. The Morgan fingerprint density at radius 3 is 2.52 bits per heavy atom. The van der Waals surface area contributed by atoms with Crippen LogP contribution in [0.2, 0.25) is 0 Å². The topological polar surface area (TPSA) is 125 Å². The molecule has 1 aromatic carbocycles. The van der Waals surface area contributed by atoms with Crippen LogP contribution in [0.25, 0.3) is 11.3 Å². The second kappa shape index (κ2) is 11.7. The number of carbonyl (C=O) groups is 2. The fourth-order valence-corrected chi connectivity index (χ4v) is 8.77. The summed E-state index contributed by atoms with van der Waals surface area (Å²) in [5.74, 6) is -1.02. The van der Waals surface area contributed by atoms with E-state index >= 15 is 0 Å². The van der Waals surface area contributed by atoms with Crippen molar-refractivity contribution in [3.63, 3.8) is 0 Å². The molecule has 2 aliphatic carbocycles. The van der Waals surface area contributed by atoms with Crippen molar-refractivity contribution < 1.29 is 33.3 Å². The van der Waals surface area contributed by atoms with Crippen LogP contribution in [-0.4, -0.2) is 40.3 Å². The standard InChI is InChI=1S/C37H43NO8/c1-7-23-10-12-24(13-11-23)33(41)45-29-18-28-35(4,15-14-21(2)36(28,5)20-43-22(3)39)32-31(40)30-27(46-37(29,32)6)17-26(44-34(30)42)25-9-8-16-38-19-25/h8-13,16-17,19,21,28-29,31-32,40H,7,14-15,18,20H2,1-6H3/t21-,28?,29-,31?,32?,35-,36+,37+/m0/s1. The number of aliphatic hydroxyl groups is 1. The SMILES string of the molecule is CCc1ccc(C(=O)O[C@H]2CC3[C@](C)(CC[C@H](C)[C@@]3(C)COC(C)=O)C3C(O)c4c(cc(-c5cccnc5)oc4=O)O[C@@]32C)cc1. The van der Waals surface area contributed by atoms with Crippen molar-refractivity contribution in [2.45, 2.75) is 85.0 Å². The lowest BCUT2D eigenvalue weighted by molar-refractivity contribution is -0.257. The van der Waals surface area contributed by atoms with Gasteiger partial charge in [-0.25, -0.2) is 9.59 Å². The van der Waals surface area contributed by atoms with Crippen LogP contribution in [0, 0.1) is 28.6 Å². The molecule has 1 N–H and O–H groups in total. The third-order valence-electron chi connectivity index (χ3n) is 11.5. The Hall–Kier alpha value is -3.98. The Morgan fingerprint density at radius 2 is 1.87 bits per heavy atom. The number of ether oxygens (including phenoxy) is 3. The summed E-state index contributed by atoms with van der Waals surface area (Å²) in [6, 6.07) is 12.5. The number of hydrogen-bond donors (Lipinski definition) is 1. The van der Waals surface area contributed by atoms with Gasteiger partial charge in [0.1, 0.15) is 28.8 Å². The van der Waals surface area contributed by atoms with Gasteiger partial charge in [0.25, 0.3) is 0 Å². The molecule has 2 fully saturated rings. The lowest BCUT2D eigenvalue weighted by atomic mass is 9.41. The van der Waals surface area contributed by atoms with Gasteiger partial charge in [-0.05, 0) is 79.7 Å². The predicted molar refractivity (Wildman–Crippen MR) is 170 cm³/mol. The molecule has 3 aromatic rings. The van der Waals surface area contributed by atoms with Gasteiger partial charge >= 0.3 is 17.6 Å². The smallest absolute Gasteiger partial charge is 0.345 e. The Bertz CT molecular complexity index is 1690. The van der Waals surface area contributed by atoms with E-state index in [2.05, 4.69) is 32.7 Å². The third kappa shape index (κ3) is 5.13. The molecule has 2 saturated carbocycles. The molecule has 0 saturated heterocycles. The molecule has 3 unspecified atom stereocenters. The summed E-state index contributed by atoms with van der Waals surface area (Å²) < 4.78 is 24.6. The first-order chi connectivity index (χ1) is 21.8. The van der Waals surface area contributed by atoms with Gasteiger partial charge in [0, 0.05) is 42.3 Å². The van der Waals surface area contributed by atoms with Crippen LogP contribution in [0.15, 0.2) is 64.1 Å². The molecule has 0 bridgehead atoms. The van der Waals surface area contributed by atoms with Gasteiger partial charge in [-0.2, -0.15) is 0 Å². The maximum Gasteiger partial charge on any atom is 0.345 e. The minimum atomic E-state index is -1.27. The van der Waals surface area contributed by atoms with Crippen LogP contribution in [-0.2, 0) is 20.7 Å². The molecule has 0 amide bonds. The maximum absolute atomic E-state index is 13.7. The van der Waals surface area contributed by atoms with E-state index in [9.17, 15) is 19.5 Å². The molecule has 6 rings (SSSR count). The number of aliphatic hydroxyl groups excluding tert-OH is 1. The van der Waals surface area contributed by atoms with Crippen molar-refractivity contribution in [3.05, 3.63) is 82.0 Å². The highest BCUT2D eigenvalue weighted by molar-refractivity contribution is 5.89. The van der Waals surface area contributed by atoms with Gasteiger partial charge in [0.15, 0.2) is 0 Å². The largest absolute Gasteiger partial charge is 0.482 e. The lowest BCUT2D eigenvalue weighted by Crippen LogP contribution is -2.70. The summed E-state index contributed by atoms with van der Waals surface area (Å²) in [5, 5.41) is 12.3. The Kier molecular flexibility index (Phi) is 8.12. The molecule has 244 valence electrons. The molecule has 3 heterocycles. The number of nitrogens with zero attached hydrogens (tertiary/aromatic N) is 1. The van der Waals surface area contributed by atoms with Crippen LogP contribution in [0.5, 0.6) is 5.75 Å². The van der Waals surface area contributed by atoms with E-state index in [1.165, 1.54) is 6.92 Å². The van der Waals surface area contributed by atoms with Gasteiger partial charge in [-0.1, -0.05) is 39.8 Å². The second-order valence-corrected chi connectivity index (χ2v) is 14.1. The summed E-state index contributed by atoms with van der Waals surface area (Å²) in [6.07, 6.45) is 3.97. The van der Waals surface area contributed by atoms with Crippen LogP contribution >= 0.6 is 0 Å². The van der Waals surface area contributed by atoms with E-state index in [0.717, 1.165) is 24.8 Å². The van der Waals surface area contributed by atoms with Crippen molar-refractivity contribution in [2.24, 2.45) is 28.6 Å². The summed E-state index contributed by atoms with van der Waals surface area (Å²) in [7, 11) is 0. The Labute approximate surface area is 269 Å². The van der Waals surface area contributed by atoms with Gasteiger partial charge in [0.2, 0.25) is 0 Å². The minimum Gasteiger partial charge on any atom is -0.482 e. The zero-order chi connectivity index (χ0) is 33.0. The van der Waals surface area contributed by atoms with Crippen molar-refractivity contribution in [1.82, 2.24) is 4.98 Å². The van der Waals surface area contributed by atoms with Gasteiger partial charge in [-0.15, -0.1) is 0 Å². The average Bonchev–Trinajstić information content (AvgIpc) is 3.03. The molecular weight excluding hydrogens is 586 g/mol. The lowest BCUT2D eigenvalue weighted by Gasteiger charge is -2.66. The predicted octanol–water partition coefficient (Wildman–Crippen LogP) is 6.32. The fourth-order valence-electron chi connectivity index (χ4n) is 8.77. The summed E-state index contributed by atoms with van der Waals surface area (Å²) >= 11 is 0. The Balaban J connectivity index is 1.48. The first-order valence-electron chi connectivity index (χ1n) is 16.2. The third-order valence-corrected chi connectivity index (χ3v) is 11.5. The summed E-state index contributed by atoms with van der Waals surface area (Å²) in [4.78, 5) is 43.5. The minimum absolute atomic E-state index is 0.0533. The highest BCUT2D eigenvalue weighted by Gasteiger charge is 2.70. The molecule has 2 aromatic heterocycles. The number of pyridine rings is 1. The van der Waals surface area contributed by atoms with Crippen molar-refractivity contribution in [2.75, 3.05) is 6.61 Å². The molecule has 8 atom stereocenters. The molecule has 3 aliphatic rings. The van der Waals surface area contributed by atoms with Gasteiger partial charge in [-0.3, -0.25) is 9.78 Å². The number of esters is 2. The second-order valence-electron chi connectivity index (χ2n) is 14.1. The molecule has 0 radical (unpaired) electrons. The van der Waals surface area contributed by atoms with Crippen LogP contribution in [0.3, 0.4) is 0 Å². The first kappa shape index (κ1) is 32.0. The van der Waals surface area contributed by atoms with E-state index in [0.29, 0.717) is 17.5 Å². The molecular formula is C37H43NO8. The van der Waals surface area contributed by atoms with Crippen molar-refractivity contribution in [3.8, 4) is 17.1 Å². The number of carbonyl (C=O) groups excluding carboxylic acids is 2. The van der Waals surface area contributed by atoms with Crippen LogP contribution < -0.4 is 10.4 Å². The quantitative estimate of drug-likeness (QED) is 0.312. The zero-order valence-corrected chi connectivity index (χ0v) is 27.4. The molecule has 9 nitrogen and oxygen atoms in total. The normalized spacial score (nSPS) is 33.1. The highest BCUT2D eigenvalue weighted by atomic mass is 16.6. The highest BCUT2D eigenvalue weighted by Crippen LogP contribution is 2.68. The first-order valence-corrected chi connectivity index (χ1v) is 16.2. The summed E-state index contributed by atoms with van der Waals surface area (Å²) in [5.41, 5.74) is -0.806. The molecule has 9 heteroatoms. The van der Waals surface area contributed by atoms with Crippen molar-refractivity contribution in [1.29, 1.82) is 0 Å². The number of benzene rings is 1. The fraction of sp³-hybridized carbons (Fsp3) is 0.514. The van der Waals surface area contributed by atoms with E-state index < -0.39 is 46.2 Å². The number of aryl methyl sites for hydroxylation is 1.